The molecular weight excluding hydrogens is 732 g/mol. The number of benzene rings is 4. The molecule has 0 aromatic heterocycles. The molecule has 2 saturated carbocycles. The molecule has 0 radical (unpaired) electrons. The Morgan fingerprint density at radius 1 is 0.708 bits per heavy atom. The molecule has 0 bridgehead atoms. The summed E-state index contributed by atoms with van der Waals surface area (Å²) in [6.45, 7) is 0. The summed E-state index contributed by atoms with van der Waals surface area (Å²) in [5.41, 5.74) is 12.8. The SMILES string of the molecule is COc1cccc(OC)c1-c1ccc[c-]c1P(C1CCCCC1)C1CCCCC1.CS(=O)(=O)O.Nc1ccccc1-c1[c-]cccc1.[Pd+2]. The monoisotopic (exact) mass is 779 g/mol. The first-order valence-electron chi connectivity index (χ1n) is 16.5. The summed E-state index contributed by atoms with van der Waals surface area (Å²) in [5, 5.41) is 1.46. The van der Waals surface area contributed by atoms with Gasteiger partial charge in [-0.3, -0.25) is 4.55 Å². The molecular formula is C39H48NO5PPdS. The molecule has 2 fully saturated rings. The van der Waals surface area contributed by atoms with E-state index in [4.69, 9.17) is 19.8 Å². The Kier molecular flexibility index (Phi) is 16.6. The molecule has 0 atom stereocenters. The summed E-state index contributed by atoms with van der Waals surface area (Å²) < 4.78 is 37.4. The molecule has 4 aromatic rings. The number of rotatable bonds is 7. The summed E-state index contributed by atoms with van der Waals surface area (Å²) in [6.07, 6.45) is 14.7. The van der Waals surface area contributed by atoms with Crippen molar-refractivity contribution in [1.82, 2.24) is 0 Å². The molecule has 0 heterocycles. The minimum Gasteiger partial charge on any atom is -0.497 e. The number of nitrogens with two attached hydrogens (primary N) is 1. The van der Waals surface area contributed by atoms with Crippen LogP contribution < -0.4 is 20.5 Å². The van der Waals surface area contributed by atoms with Crippen molar-refractivity contribution in [3.63, 3.8) is 0 Å². The van der Waals surface area contributed by atoms with Crippen LogP contribution in [0.3, 0.4) is 0 Å². The number of hydrogen-bond donors (Lipinski definition) is 2. The number of ether oxygens (including phenoxy) is 2. The average Bonchev–Trinajstić information content (AvgIpc) is 3.09. The maximum Gasteiger partial charge on any atom is 2.00 e. The zero-order valence-electron chi connectivity index (χ0n) is 28.1. The van der Waals surface area contributed by atoms with Crippen LogP contribution in [-0.4, -0.2) is 44.8 Å². The van der Waals surface area contributed by atoms with Crippen molar-refractivity contribution in [3.05, 3.63) is 97.1 Å². The zero-order valence-corrected chi connectivity index (χ0v) is 31.4. The normalized spacial score (nSPS) is 15.2. The Bertz CT molecular complexity index is 1590. The summed E-state index contributed by atoms with van der Waals surface area (Å²) in [5.74, 6) is 1.79. The van der Waals surface area contributed by atoms with E-state index in [0.717, 1.165) is 45.2 Å². The van der Waals surface area contributed by atoms with Crippen molar-refractivity contribution in [2.45, 2.75) is 75.5 Å². The minimum atomic E-state index is -3.67. The Labute approximate surface area is 303 Å². The van der Waals surface area contributed by atoms with Gasteiger partial charge in [-0.05, 0) is 60.9 Å². The third-order valence-electron chi connectivity index (χ3n) is 8.69. The fourth-order valence-electron chi connectivity index (χ4n) is 6.64. The predicted molar refractivity (Wildman–Crippen MR) is 197 cm³/mol. The predicted octanol–water partition coefficient (Wildman–Crippen LogP) is 9.18. The van der Waals surface area contributed by atoms with Crippen LogP contribution in [0.25, 0.3) is 22.3 Å². The summed E-state index contributed by atoms with van der Waals surface area (Å²) in [4.78, 5) is 0. The maximum absolute atomic E-state index is 9.19. The third-order valence-corrected chi connectivity index (χ3v) is 12.2. The topological polar surface area (TPSA) is 98.8 Å². The van der Waals surface area contributed by atoms with Gasteiger partial charge in [0.05, 0.1) is 20.5 Å². The van der Waals surface area contributed by atoms with Crippen molar-refractivity contribution in [3.8, 4) is 33.8 Å². The maximum atomic E-state index is 9.19. The molecule has 48 heavy (non-hydrogen) atoms. The summed E-state index contributed by atoms with van der Waals surface area (Å²) in [6, 6.07) is 35.2. The van der Waals surface area contributed by atoms with E-state index in [0.29, 0.717) is 6.26 Å². The minimum absolute atomic E-state index is 0. The van der Waals surface area contributed by atoms with Gasteiger partial charge in [0.2, 0.25) is 0 Å². The number of methoxy groups -OCH3 is 2. The molecule has 0 aliphatic heterocycles. The fraction of sp³-hybridized carbons (Fsp3) is 0.385. The standard InChI is InChI=1S/C26H34O2P.C12H10N.CH4O3S.Pd/c1-27-23-17-11-18-24(28-2)26(23)22-16-9-10-19-25(22)29(20-12-5-3-6-13-20)21-14-7-4-8-15-21;13-12-9-5-4-8-11(12)10-6-2-1-3-7-10;1-5(2,3)4;/h9-11,16-18,20-21H,3-8,12-15H2,1-2H3;1-6,8-9H,13H2;1H3,(H,2,3,4);/q2*-1;;+2. The molecule has 6 rings (SSSR count). The van der Waals surface area contributed by atoms with Crippen LogP contribution in [0.4, 0.5) is 5.69 Å². The molecule has 0 saturated heterocycles. The number of anilines is 1. The zero-order chi connectivity index (χ0) is 33.6. The van der Waals surface area contributed by atoms with Gasteiger partial charge in [0.15, 0.2) is 0 Å². The molecule has 260 valence electrons. The van der Waals surface area contributed by atoms with Crippen LogP contribution >= 0.6 is 7.92 Å². The van der Waals surface area contributed by atoms with Gasteiger partial charge in [0, 0.05) is 5.56 Å². The van der Waals surface area contributed by atoms with E-state index in [1.807, 2.05) is 54.6 Å². The number of para-hydroxylation sites is 1. The second kappa shape index (κ2) is 20.1. The van der Waals surface area contributed by atoms with Crippen molar-refractivity contribution >= 4 is 29.0 Å². The molecule has 2 aliphatic rings. The van der Waals surface area contributed by atoms with Gasteiger partial charge < -0.3 is 15.2 Å². The van der Waals surface area contributed by atoms with E-state index in [-0.39, 0.29) is 28.3 Å². The smallest absolute Gasteiger partial charge is 0.497 e. The van der Waals surface area contributed by atoms with Gasteiger partial charge in [-0.1, -0.05) is 76.3 Å². The van der Waals surface area contributed by atoms with Crippen LogP contribution in [0, 0.1) is 12.1 Å². The average molecular weight is 780 g/mol. The van der Waals surface area contributed by atoms with Gasteiger partial charge in [-0.25, -0.2) is 0 Å². The first-order chi connectivity index (χ1) is 22.7. The molecule has 9 heteroatoms. The van der Waals surface area contributed by atoms with Crippen molar-refractivity contribution in [2.24, 2.45) is 0 Å². The van der Waals surface area contributed by atoms with Crippen molar-refractivity contribution in [2.75, 3.05) is 26.2 Å². The second-order valence-corrected chi connectivity index (χ2v) is 16.2. The number of nitrogen functional groups attached to an aromatic ring is 1. The summed E-state index contributed by atoms with van der Waals surface area (Å²) >= 11 is 0. The number of hydrogen-bond acceptors (Lipinski definition) is 5. The van der Waals surface area contributed by atoms with Crippen LogP contribution in [0.1, 0.15) is 64.2 Å². The molecule has 0 unspecified atom stereocenters. The van der Waals surface area contributed by atoms with Gasteiger partial charge in [0.1, 0.15) is 11.5 Å². The van der Waals surface area contributed by atoms with E-state index < -0.39 is 10.1 Å². The molecule has 6 nitrogen and oxygen atoms in total. The third kappa shape index (κ3) is 11.7. The van der Waals surface area contributed by atoms with Gasteiger partial charge in [0.25, 0.3) is 10.1 Å². The van der Waals surface area contributed by atoms with E-state index in [1.165, 1.54) is 75.1 Å². The molecule has 0 spiro atoms. The molecule has 0 amide bonds. The van der Waals surface area contributed by atoms with Crippen LogP contribution in [-0.2, 0) is 30.5 Å². The van der Waals surface area contributed by atoms with Gasteiger partial charge in [-0.15, -0.1) is 46.8 Å². The van der Waals surface area contributed by atoms with Crippen molar-refractivity contribution in [1.29, 1.82) is 0 Å². The first-order valence-corrected chi connectivity index (χ1v) is 19.8. The van der Waals surface area contributed by atoms with Crippen LogP contribution in [0.5, 0.6) is 11.5 Å². The quantitative estimate of drug-likeness (QED) is 0.0639. The second-order valence-electron chi connectivity index (χ2n) is 12.1. The van der Waals surface area contributed by atoms with E-state index in [9.17, 15) is 8.42 Å². The van der Waals surface area contributed by atoms with Crippen LogP contribution in [0.15, 0.2) is 84.9 Å². The van der Waals surface area contributed by atoms with Crippen molar-refractivity contribution < 1.29 is 42.9 Å². The Hall–Kier alpha value is -2.72. The van der Waals surface area contributed by atoms with E-state index >= 15 is 0 Å². The largest absolute Gasteiger partial charge is 2.00 e. The molecule has 4 aromatic carbocycles. The van der Waals surface area contributed by atoms with E-state index in [1.54, 1.807) is 14.2 Å². The first kappa shape index (κ1) is 39.7. The molecule has 3 N–H and O–H groups in total. The fourth-order valence-corrected chi connectivity index (χ4v) is 10.5. The Balaban J connectivity index is 0.000000272. The van der Waals surface area contributed by atoms with Crippen LogP contribution in [0.2, 0.25) is 0 Å². The van der Waals surface area contributed by atoms with E-state index in [2.05, 4.69) is 42.5 Å². The summed E-state index contributed by atoms with van der Waals surface area (Å²) in [7, 11) is -0.385. The Morgan fingerprint density at radius 3 is 1.71 bits per heavy atom. The van der Waals surface area contributed by atoms with Gasteiger partial charge in [-0.2, -0.15) is 32.7 Å². The van der Waals surface area contributed by atoms with Gasteiger partial charge >= 0.3 is 20.4 Å². The molecule has 2 aliphatic carbocycles. The Morgan fingerprint density at radius 2 is 1.21 bits per heavy atom.